The number of ether oxygens (including phenoxy) is 1. The minimum atomic E-state index is -3.26. The second-order valence-corrected chi connectivity index (χ2v) is 7.95. The Morgan fingerprint density at radius 2 is 1.82 bits per heavy atom. The Morgan fingerprint density at radius 1 is 1.23 bits per heavy atom. The highest BCUT2D eigenvalue weighted by atomic mass is 32.2. The van der Waals surface area contributed by atoms with Gasteiger partial charge < -0.3 is 9.94 Å². The van der Waals surface area contributed by atoms with Crippen molar-refractivity contribution in [1.29, 1.82) is 0 Å². The van der Waals surface area contributed by atoms with E-state index in [2.05, 4.69) is 4.90 Å². The molecule has 0 radical (unpaired) electrons. The Labute approximate surface area is 130 Å². The average molecular weight is 324 g/mol. The van der Waals surface area contributed by atoms with Crippen LogP contribution >= 0.6 is 0 Å². The molecule has 1 aromatic rings. The summed E-state index contributed by atoms with van der Waals surface area (Å²) >= 11 is 0. The minimum Gasteiger partial charge on any atom is -0.621 e. The van der Waals surface area contributed by atoms with E-state index in [1.54, 1.807) is 18.3 Å². The number of sulfone groups is 1. The molecule has 0 N–H and O–H groups in total. The second-order valence-electron chi connectivity index (χ2n) is 5.93. The summed E-state index contributed by atoms with van der Waals surface area (Å²) in [6, 6.07) is 6.19. The maximum Gasteiger partial charge on any atom is 0.186 e. The van der Waals surface area contributed by atoms with Crippen LogP contribution in [0, 0.1) is 5.21 Å². The molecular weight excluding hydrogens is 304 g/mol. The van der Waals surface area contributed by atoms with Crippen LogP contribution in [0.15, 0.2) is 41.4 Å². The van der Waals surface area contributed by atoms with Crippen LogP contribution in [0.4, 0.5) is 5.69 Å². The van der Waals surface area contributed by atoms with Gasteiger partial charge in [0.25, 0.3) is 0 Å². The van der Waals surface area contributed by atoms with Crippen LogP contribution in [0.3, 0.4) is 0 Å². The van der Waals surface area contributed by atoms with Gasteiger partial charge in [-0.1, -0.05) is 0 Å². The molecule has 0 aliphatic carbocycles. The maximum atomic E-state index is 13.3. The van der Waals surface area contributed by atoms with Gasteiger partial charge in [0.2, 0.25) is 0 Å². The zero-order valence-corrected chi connectivity index (χ0v) is 13.5. The first kappa shape index (κ1) is 15.6. The van der Waals surface area contributed by atoms with E-state index in [4.69, 9.17) is 4.74 Å². The number of hydrogen-bond acceptors (Lipinski definition) is 5. The smallest absolute Gasteiger partial charge is 0.186 e. The molecule has 2 heterocycles. The number of hydrogen-bond donors (Lipinski definition) is 0. The van der Waals surface area contributed by atoms with Gasteiger partial charge in [-0.25, -0.2) is 13.3 Å². The topological polar surface area (TPSA) is 69.7 Å². The lowest BCUT2D eigenvalue weighted by Crippen LogP contribution is -2.71. The van der Waals surface area contributed by atoms with E-state index in [-0.39, 0.29) is 4.90 Å². The number of nitrogens with zero attached hydrogens (tertiary/aromatic N) is 2. The standard InChI is InChI=1S/C15H20N2O4S/c1-15(16-8-11-21-12-9-16)7-10-17(15,18)13-3-5-14(6-4-13)22(2,19)20/h3-7,10H,8-9,11-12H2,1-2H3. The molecule has 6 nitrogen and oxygen atoms in total. The Kier molecular flexibility index (Phi) is 3.65. The lowest BCUT2D eigenvalue weighted by atomic mass is 9.99. The van der Waals surface area contributed by atoms with Crippen LogP contribution < -0.4 is 4.65 Å². The van der Waals surface area contributed by atoms with Crippen LogP contribution in [0.5, 0.6) is 0 Å². The fourth-order valence-corrected chi connectivity index (χ4v) is 3.65. The van der Waals surface area contributed by atoms with Crippen molar-refractivity contribution in [2.75, 3.05) is 32.6 Å². The number of quaternary nitrogens is 1. The molecule has 0 aromatic heterocycles. The van der Waals surface area contributed by atoms with E-state index in [1.807, 2.05) is 13.0 Å². The molecule has 7 heteroatoms. The SMILES string of the molecule is CC1(N2CCOCC2)C=C[N+]1([O-])c1ccc(S(C)(=O)=O)cc1. The van der Waals surface area contributed by atoms with Crippen LogP contribution in [0.25, 0.3) is 0 Å². The van der Waals surface area contributed by atoms with Crippen molar-refractivity contribution in [2.24, 2.45) is 0 Å². The van der Waals surface area contributed by atoms with Crippen molar-refractivity contribution in [3.63, 3.8) is 0 Å². The fourth-order valence-electron chi connectivity index (χ4n) is 3.02. The highest BCUT2D eigenvalue weighted by Crippen LogP contribution is 2.43. The Balaban J connectivity index is 1.92. The summed E-state index contributed by atoms with van der Waals surface area (Å²) in [5, 5.41) is 13.3. The number of morpholine rings is 1. The third-order valence-electron chi connectivity index (χ3n) is 4.57. The van der Waals surface area contributed by atoms with Crippen LogP contribution in [0.1, 0.15) is 6.92 Å². The highest BCUT2D eigenvalue weighted by molar-refractivity contribution is 7.90. The first-order valence-corrected chi connectivity index (χ1v) is 9.10. The van der Waals surface area contributed by atoms with Crippen LogP contribution in [-0.4, -0.2) is 51.5 Å². The average Bonchev–Trinajstić information content (AvgIpc) is 2.52. The van der Waals surface area contributed by atoms with E-state index in [1.165, 1.54) is 12.1 Å². The summed E-state index contributed by atoms with van der Waals surface area (Å²) < 4.78 is 27.8. The van der Waals surface area contributed by atoms with E-state index in [9.17, 15) is 13.6 Å². The van der Waals surface area contributed by atoms with Crippen molar-refractivity contribution in [3.8, 4) is 0 Å². The number of benzene rings is 1. The minimum absolute atomic E-state index is 0.223. The highest BCUT2D eigenvalue weighted by Gasteiger charge is 2.52. The second kappa shape index (κ2) is 5.14. The van der Waals surface area contributed by atoms with Gasteiger partial charge in [0.15, 0.2) is 15.5 Å². The molecular formula is C15H20N2O4S. The molecule has 1 saturated heterocycles. The fraction of sp³-hybridized carbons (Fsp3) is 0.467. The zero-order valence-electron chi connectivity index (χ0n) is 12.7. The van der Waals surface area contributed by atoms with Gasteiger partial charge in [0.1, 0.15) is 11.9 Å². The molecule has 0 amide bonds. The summed E-state index contributed by atoms with van der Waals surface area (Å²) in [6.07, 6.45) is 4.67. The quantitative estimate of drug-likeness (QED) is 0.622. The summed E-state index contributed by atoms with van der Waals surface area (Å²) in [4.78, 5) is 2.34. The van der Waals surface area contributed by atoms with Crippen LogP contribution in [-0.2, 0) is 14.6 Å². The third kappa shape index (κ3) is 2.29. The molecule has 2 atom stereocenters. The first-order chi connectivity index (χ1) is 10.3. The summed E-state index contributed by atoms with van der Waals surface area (Å²) in [6.45, 7) is 4.58. The Bertz CT molecular complexity index is 695. The Hall–Kier alpha value is -1.25. The van der Waals surface area contributed by atoms with E-state index in [0.29, 0.717) is 32.0 Å². The monoisotopic (exact) mass is 324 g/mol. The lowest BCUT2D eigenvalue weighted by molar-refractivity contribution is -0.0473. The predicted molar refractivity (Wildman–Crippen MR) is 84.6 cm³/mol. The largest absolute Gasteiger partial charge is 0.621 e. The van der Waals surface area contributed by atoms with Gasteiger partial charge >= 0.3 is 0 Å². The molecule has 0 spiro atoms. The molecule has 22 heavy (non-hydrogen) atoms. The first-order valence-electron chi connectivity index (χ1n) is 7.21. The maximum absolute atomic E-state index is 13.3. The van der Waals surface area contributed by atoms with Crippen molar-refractivity contribution >= 4 is 15.5 Å². The van der Waals surface area contributed by atoms with E-state index < -0.39 is 20.1 Å². The van der Waals surface area contributed by atoms with Crippen LogP contribution in [0.2, 0.25) is 0 Å². The van der Waals surface area contributed by atoms with E-state index in [0.717, 1.165) is 6.26 Å². The van der Waals surface area contributed by atoms with Gasteiger partial charge in [-0.3, -0.25) is 4.65 Å². The number of rotatable bonds is 3. The molecule has 0 saturated carbocycles. The van der Waals surface area contributed by atoms with Gasteiger partial charge in [-0.2, -0.15) is 0 Å². The lowest BCUT2D eigenvalue weighted by Gasteiger charge is -2.60. The molecule has 2 aliphatic heterocycles. The zero-order chi connectivity index (χ0) is 16.0. The molecule has 2 unspecified atom stereocenters. The van der Waals surface area contributed by atoms with Crippen molar-refractivity contribution < 1.29 is 13.2 Å². The molecule has 1 aromatic carbocycles. The Morgan fingerprint density at radius 3 is 2.27 bits per heavy atom. The number of hydroxylamine groups is 2. The van der Waals surface area contributed by atoms with Crippen molar-refractivity contribution in [1.82, 2.24) is 9.55 Å². The van der Waals surface area contributed by atoms with Gasteiger partial charge in [-0.05, 0) is 12.1 Å². The predicted octanol–water partition coefficient (Wildman–Crippen LogP) is 1.47. The van der Waals surface area contributed by atoms with Gasteiger partial charge in [0, 0.05) is 44.5 Å². The summed E-state index contributed by atoms with van der Waals surface area (Å²) in [5.41, 5.74) is -0.139. The molecule has 0 bridgehead atoms. The molecule has 3 rings (SSSR count). The summed E-state index contributed by atoms with van der Waals surface area (Å²) in [5.74, 6) is 0. The van der Waals surface area contributed by atoms with Crippen molar-refractivity contribution in [2.45, 2.75) is 17.5 Å². The van der Waals surface area contributed by atoms with Gasteiger partial charge in [0.05, 0.1) is 18.1 Å². The molecule has 2 aliphatic rings. The summed E-state index contributed by atoms with van der Waals surface area (Å²) in [7, 11) is -3.26. The molecule has 1 fully saturated rings. The molecule has 120 valence electrons. The van der Waals surface area contributed by atoms with Crippen molar-refractivity contribution in [3.05, 3.63) is 41.7 Å². The van der Waals surface area contributed by atoms with Gasteiger partial charge in [-0.15, -0.1) is 0 Å². The third-order valence-corrected chi connectivity index (χ3v) is 5.70. The van der Waals surface area contributed by atoms with E-state index >= 15 is 0 Å². The normalized spacial score (nSPS) is 32.7.